The Labute approximate surface area is 735 Å². The van der Waals surface area contributed by atoms with Gasteiger partial charge in [0.1, 0.15) is 65.0 Å². The second-order valence-electron chi connectivity index (χ2n) is 31.7. The third-order valence-corrected chi connectivity index (χ3v) is 22.4. The van der Waals surface area contributed by atoms with Gasteiger partial charge < -0.3 is 68.2 Å². The number of hydrogen-bond donors (Lipinski definition) is 8. The summed E-state index contributed by atoms with van der Waals surface area (Å²) in [6.45, 7) is 16.6. The number of fused-ring (bicyclic) bond motifs is 8. The van der Waals surface area contributed by atoms with Gasteiger partial charge in [-0.3, -0.25) is 14.3 Å². The molecule has 0 spiro atoms. The molecular formula is C95H90N28O5. The number of likely N-dealkylation sites (N-methyl/N-ethyl adjacent to an activating group) is 1. The molecule has 0 fully saturated rings. The minimum absolute atomic E-state index is 0.00768. The molecule has 3 aromatic carbocycles. The van der Waals surface area contributed by atoms with Crippen molar-refractivity contribution in [3.63, 3.8) is 0 Å². The van der Waals surface area contributed by atoms with Crippen LogP contribution in [0.5, 0.6) is 5.88 Å². The van der Waals surface area contributed by atoms with Crippen LogP contribution in [0.15, 0.2) is 207 Å². The van der Waals surface area contributed by atoms with Crippen LogP contribution in [0.4, 0.5) is 69.8 Å². The molecule has 20 rings (SSSR count). The molecule has 4 aliphatic rings. The number of pyridine rings is 10. The highest BCUT2D eigenvalue weighted by Gasteiger charge is 2.28. The zero-order chi connectivity index (χ0) is 89.0. The number of nitrogens with zero attached hydrogens (tertiary/aromatic N) is 20. The summed E-state index contributed by atoms with van der Waals surface area (Å²) < 4.78 is 22.0. The van der Waals surface area contributed by atoms with Crippen LogP contribution < -0.4 is 48.9 Å². The van der Waals surface area contributed by atoms with Gasteiger partial charge in [0.15, 0.2) is 29.5 Å². The van der Waals surface area contributed by atoms with E-state index in [1.54, 1.807) is 63.0 Å². The summed E-state index contributed by atoms with van der Waals surface area (Å²) in [6, 6.07) is 58.8. The van der Waals surface area contributed by atoms with Gasteiger partial charge >= 0.3 is 0 Å². The third-order valence-electron chi connectivity index (χ3n) is 22.4. The van der Waals surface area contributed by atoms with E-state index < -0.39 is 12.1 Å². The maximum absolute atomic E-state index is 12.6. The second-order valence-corrected chi connectivity index (χ2v) is 31.7. The van der Waals surface area contributed by atoms with E-state index in [4.69, 9.17) is 42.1 Å². The minimum Gasteiger partial charge on any atom is -0.468 e. The van der Waals surface area contributed by atoms with Crippen LogP contribution >= 0.6 is 0 Å². The number of carbonyl (C=O) groups is 2. The molecule has 0 aliphatic carbocycles. The normalized spacial score (nSPS) is 14.8. The van der Waals surface area contributed by atoms with Crippen molar-refractivity contribution in [1.29, 1.82) is 10.5 Å². The summed E-state index contributed by atoms with van der Waals surface area (Å²) in [6.07, 6.45) is 11.0. The third kappa shape index (κ3) is 18.2. The highest BCUT2D eigenvalue weighted by Crippen LogP contribution is 2.37. The molecule has 0 unspecified atom stereocenters. The van der Waals surface area contributed by atoms with Crippen molar-refractivity contribution in [2.45, 2.75) is 105 Å². The number of ether oxygens (including phenoxy) is 3. The average Bonchev–Trinajstić information content (AvgIpc) is 0.915. The zero-order valence-corrected chi connectivity index (χ0v) is 71.4. The summed E-state index contributed by atoms with van der Waals surface area (Å²) in [5.74, 6) is 7.35. The largest absolute Gasteiger partial charge is 0.468 e. The number of allylic oxidation sites excluding steroid dienone is 1. The van der Waals surface area contributed by atoms with Gasteiger partial charge in [-0.25, -0.2) is 59.2 Å². The number of hydrogen-bond acceptors (Lipinski definition) is 28. The number of aryl methyl sites for hydroxylation is 3. The fraction of sp³-hybridized carbons (Fsp3) is 0.211. The van der Waals surface area contributed by atoms with Crippen LogP contribution in [0.1, 0.15) is 96.6 Å². The van der Waals surface area contributed by atoms with Gasteiger partial charge in [-0.2, -0.15) is 25.8 Å². The first-order valence-electron chi connectivity index (χ1n) is 41.5. The van der Waals surface area contributed by atoms with Crippen molar-refractivity contribution >= 4 is 130 Å². The summed E-state index contributed by atoms with van der Waals surface area (Å²) in [5.41, 5.74) is 40.0. The number of benzene rings is 3. The van der Waals surface area contributed by atoms with Crippen LogP contribution in [-0.4, -0.2) is 134 Å². The Morgan fingerprint density at radius 1 is 0.469 bits per heavy atom. The average molecular weight is 1700 g/mol. The molecule has 0 saturated carbocycles. The van der Waals surface area contributed by atoms with Gasteiger partial charge in [-0.1, -0.05) is 78.9 Å². The number of anilines is 12. The van der Waals surface area contributed by atoms with Crippen LogP contribution in [0, 0.1) is 43.4 Å². The predicted molar refractivity (Wildman–Crippen MR) is 493 cm³/mol. The van der Waals surface area contributed by atoms with E-state index in [1.165, 1.54) is 0 Å². The number of rotatable bonds is 15. The van der Waals surface area contributed by atoms with Gasteiger partial charge in [0, 0.05) is 137 Å². The molecule has 12 N–H and O–H groups in total. The highest BCUT2D eigenvalue weighted by atomic mass is 16.5. The number of aromatic nitrogens is 16. The predicted octanol–water partition coefficient (Wildman–Crippen LogP) is 15.6. The summed E-state index contributed by atoms with van der Waals surface area (Å²) >= 11 is 0. The molecule has 0 radical (unpaired) electrons. The molecule has 0 bridgehead atoms. The molecule has 128 heavy (non-hydrogen) atoms. The smallest absolute Gasteiger partial charge is 0.244 e. The lowest BCUT2D eigenvalue weighted by Gasteiger charge is -2.24. The van der Waals surface area contributed by atoms with E-state index in [9.17, 15) is 20.1 Å². The van der Waals surface area contributed by atoms with E-state index in [1.807, 2.05) is 184 Å². The second kappa shape index (κ2) is 36.2. The number of nitrogens with one attached hydrogen (secondary N) is 4. The fourth-order valence-electron chi connectivity index (χ4n) is 15.7. The molecular weight excluding hydrogens is 1610 g/mol. The highest BCUT2D eigenvalue weighted by molar-refractivity contribution is 5.98. The number of nitrogen functional groups attached to an aromatic ring is 4. The zero-order valence-electron chi connectivity index (χ0n) is 71.4. The minimum atomic E-state index is -0.420. The Bertz CT molecular complexity index is 6890. The van der Waals surface area contributed by atoms with Gasteiger partial charge in [0.2, 0.25) is 17.7 Å². The van der Waals surface area contributed by atoms with Crippen molar-refractivity contribution in [2.24, 2.45) is 0 Å². The lowest BCUT2D eigenvalue weighted by molar-refractivity contribution is -0.133. The maximum atomic E-state index is 12.6. The molecule has 13 aromatic heterocycles. The van der Waals surface area contributed by atoms with E-state index in [-0.39, 0.29) is 36.9 Å². The topological polar surface area (TPSA) is 450 Å². The van der Waals surface area contributed by atoms with Gasteiger partial charge in [-0.05, 0) is 159 Å². The molecule has 33 nitrogen and oxygen atoms in total. The molecule has 3 atom stereocenters. The van der Waals surface area contributed by atoms with E-state index >= 15 is 0 Å². The number of nitriles is 2. The maximum Gasteiger partial charge on any atom is 0.244 e. The SMILES string of the molecule is CC(C)N1CCc2cc(Nc3cc4cc([C@@H](C)Oc5ccccn5)nc(N)c4cn3)nn2CC1=O.CC1=CN(C)C(=O)Cc2nc(Nc3cc4cc(-c5ccccc5C)nc(N)c4cn3)ccc21.Cc1ccccc1-c1cc2cc(Nc3cc4n(n3)[C@@H](C#N)COC4)ncc2c(N)n1.Cc1ccccc1-c1cc2cc(Nc3cc4n(n3)[C@H](C#N)COC4)ncc2c(N)n1. The van der Waals surface area contributed by atoms with Gasteiger partial charge in [-0.15, -0.1) is 0 Å². The number of amides is 2. The fourth-order valence-corrected chi connectivity index (χ4v) is 15.7. The lowest BCUT2D eigenvalue weighted by Crippen LogP contribution is -2.38. The molecule has 33 heteroatoms. The van der Waals surface area contributed by atoms with E-state index in [0.29, 0.717) is 114 Å². The summed E-state index contributed by atoms with van der Waals surface area (Å²) in [7, 11) is 1.77. The van der Waals surface area contributed by atoms with Crippen molar-refractivity contribution < 1.29 is 23.8 Å². The molecule has 17 heterocycles. The first-order valence-corrected chi connectivity index (χ1v) is 41.5. The van der Waals surface area contributed by atoms with Crippen molar-refractivity contribution in [1.82, 2.24) is 89.0 Å². The number of nitrogens with two attached hydrogens (primary N) is 4. The summed E-state index contributed by atoms with van der Waals surface area (Å²) in [4.78, 5) is 73.4. The standard InChI is InChI=1S/C26H24N6O.C25H28N8O2.2C22H19N7O/c1-15-6-4-5-7-18(15)21-10-17-11-24(28-13-20(17)26(27)30-21)31-23-9-8-19-16(2)14-32(3)25(33)12-22(19)29-23;1-15(2)32-9-7-18-12-22(31-33(18)14-24(32)34)30-21-11-17-10-20(29-25(26)19(17)13-28-21)16(3)35-23-6-4-5-8-27-23;2*1-13-4-2-3-5-17(13)19-6-14-7-20(25-10-18(14)22(24)26-19)27-21-8-15-11-30-12-16(9-23)29(15)28-21/h4-11,13-14H,12H2,1-3H3,(H2,27,30)(H,28,29,31);4-6,8,10-13,15-16H,7,9,14H2,1-3H3,(H2,26,29)(H,28,30,31);2*2-8,10,16H,11-12H2,1H3,(H2,24,26)(H,25,27,28)/t;3*16-/m.110/s1. The monoisotopic (exact) mass is 1700 g/mol. The van der Waals surface area contributed by atoms with Crippen LogP contribution in [-0.2, 0) is 51.7 Å². The van der Waals surface area contributed by atoms with Gasteiger partial charge in [0.25, 0.3) is 0 Å². The molecule has 4 aliphatic heterocycles. The Morgan fingerprint density at radius 2 is 0.906 bits per heavy atom. The number of carbonyl (C=O) groups excluding carboxylic acids is 2. The molecule has 16 aromatic rings. The Morgan fingerprint density at radius 3 is 1.36 bits per heavy atom. The quantitative estimate of drug-likeness (QED) is 0.0472. The molecule has 0 saturated heterocycles. The van der Waals surface area contributed by atoms with E-state index in [0.717, 1.165) is 134 Å². The van der Waals surface area contributed by atoms with Crippen LogP contribution in [0.25, 0.3) is 82.4 Å². The Hall–Kier alpha value is -16.4. The van der Waals surface area contributed by atoms with E-state index in [2.05, 4.69) is 133 Å². The molecule has 640 valence electrons. The van der Waals surface area contributed by atoms with Crippen molar-refractivity contribution in [2.75, 3.05) is 71.0 Å². The van der Waals surface area contributed by atoms with Crippen LogP contribution in [0.3, 0.4) is 0 Å². The Kier molecular flexibility index (Phi) is 23.7. The van der Waals surface area contributed by atoms with Gasteiger partial charge in [0.05, 0.1) is 84.8 Å². The first-order chi connectivity index (χ1) is 62.0. The molecule has 2 amide bonds. The van der Waals surface area contributed by atoms with Crippen molar-refractivity contribution in [3.8, 4) is 51.8 Å². The lowest BCUT2D eigenvalue weighted by atomic mass is 10.0. The first kappa shape index (κ1) is 83.9. The summed E-state index contributed by atoms with van der Waals surface area (Å²) in [5, 5.41) is 51.9. The Balaban J connectivity index is 0.000000120. The van der Waals surface area contributed by atoms with Crippen LogP contribution in [0.2, 0.25) is 0 Å². The van der Waals surface area contributed by atoms with Crippen molar-refractivity contribution in [3.05, 3.63) is 258 Å².